The third-order valence-electron chi connectivity index (χ3n) is 1.71. The quantitative estimate of drug-likeness (QED) is 0.686. The fourth-order valence-electron chi connectivity index (χ4n) is 1.02. The number of fused-ring (bicyclic) bond motifs is 1. The minimum Gasteiger partial charge on any atom is -0.343 e. The maximum absolute atomic E-state index is 11.6. The maximum Gasteiger partial charge on any atom is 0.276 e. The summed E-state index contributed by atoms with van der Waals surface area (Å²) in [6.45, 7) is 0. The molecule has 0 aliphatic carbocycles. The summed E-state index contributed by atoms with van der Waals surface area (Å²) >= 11 is 1.32. The van der Waals surface area contributed by atoms with E-state index in [4.69, 9.17) is 0 Å². The molecule has 71 valence electrons. The molecule has 0 aliphatic heterocycles. The number of carbonyl (C=O) groups is 1. The smallest absolute Gasteiger partial charge is 0.276 e. The molecule has 2 heterocycles. The molecule has 1 amide bonds. The zero-order valence-electron chi connectivity index (χ0n) is 7.68. The Morgan fingerprint density at radius 1 is 1.57 bits per heavy atom. The molecule has 0 saturated carbocycles. The minimum atomic E-state index is -0.192. The van der Waals surface area contributed by atoms with Gasteiger partial charge in [0, 0.05) is 14.1 Å². The molecule has 0 unspecified atom stereocenters. The number of amides is 1. The van der Waals surface area contributed by atoms with Crippen LogP contribution in [0.5, 0.6) is 0 Å². The van der Waals surface area contributed by atoms with E-state index in [2.05, 4.69) is 20.7 Å². The van der Waals surface area contributed by atoms with Crippen LogP contribution in [-0.4, -0.2) is 40.1 Å². The highest BCUT2D eigenvalue weighted by Crippen LogP contribution is 2.18. The Labute approximate surface area is 84.4 Å². The summed E-state index contributed by atoms with van der Waals surface area (Å²) in [5.74, 6) is -0.192. The molecule has 0 fully saturated rings. The normalized spacial score (nSPS) is 10.4. The molecule has 2 aromatic heterocycles. The standard InChI is InChI=1S/C8H7N4OS/c1-12(2)8(13)7-6-5(3-10-11-7)14-4-9-6/h3H,1-2H3. The number of rotatable bonds is 1. The van der Waals surface area contributed by atoms with Crippen molar-refractivity contribution in [1.82, 2.24) is 20.1 Å². The van der Waals surface area contributed by atoms with Gasteiger partial charge < -0.3 is 4.90 Å². The topological polar surface area (TPSA) is 59.0 Å². The van der Waals surface area contributed by atoms with Crippen LogP contribution in [0.4, 0.5) is 0 Å². The lowest BCUT2D eigenvalue weighted by molar-refractivity contribution is 0.0823. The van der Waals surface area contributed by atoms with Gasteiger partial charge in [0.25, 0.3) is 5.91 Å². The van der Waals surface area contributed by atoms with Gasteiger partial charge in [0.15, 0.2) is 11.2 Å². The lowest BCUT2D eigenvalue weighted by Gasteiger charge is -2.08. The van der Waals surface area contributed by atoms with Crippen LogP contribution in [0.3, 0.4) is 0 Å². The van der Waals surface area contributed by atoms with E-state index in [0.717, 1.165) is 4.70 Å². The molecule has 0 aliphatic rings. The Balaban J connectivity index is 2.62. The monoisotopic (exact) mass is 207 g/mol. The Morgan fingerprint density at radius 3 is 3.07 bits per heavy atom. The second kappa shape index (κ2) is 3.30. The zero-order chi connectivity index (χ0) is 10.1. The van der Waals surface area contributed by atoms with Gasteiger partial charge in [-0.3, -0.25) is 4.79 Å². The highest BCUT2D eigenvalue weighted by Gasteiger charge is 2.16. The van der Waals surface area contributed by atoms with Crippen molar-refractivity contribution in [2.24, 2.45) is 0 Å². The zero-order valence-corrected chi connectivity index (χ0v) is 8.50. The number of hydrogen-bond donors (Lipinski definition) is 0. The average molecular weight is 207 g/mol. The van der Waals surface area contributed by atoms with E-state index in [9.17, 15) is 4.79 Å². The molecule has 2 aromatic rings. The van der Waals surface area contributed by atoms with E-state index in [1.54, 1.807) is 20.3 Å². The van der Waals surface area contributed by atoms with Crippen molar-refractivity contribution >= 4 is 27.5 Å². The van der Waals surface area contributed by atoms with Gasteiger partial charge in [0.2, 0.25) is 0 Å². The Bertz CT molecular complexity index is 479. The maximum atomic E-state index is 11.6. The van der Waals surface area contributed by atoms with Gasteiger partial charge in [-0.15, -0.1) is 16.4 Å². The first-order chi connectivity index (χ1) is 6.70. The largest absolute Gasteiger partial charge is 0.343 e. The van der Waals surface area contributed by atoms with Crippen molar-refractivity contribution < 1.29 is 4.79 Å². The first kappa shape index (κ1) is 9.01. The second-order valence-corrected chi connectivity index (χ2v) is 3.74. The van der Waals surface area contributed by atoms with Crippen LogP contribution in [0.15, 0.2) is 6.20 Å². The van der Waals surface area contributed by atoms with Crippen molar-refractivity contribution in [3.05, 3.63) is 17.4 Å². The van der Waals surface area contributed by atoms with E-state index < -0.39 is 0 Å². The molecule has 1 radical (unpaired) electrons. The lowest BCUT2D eigenvalue weighted by atomic mass is 10.3. The van der Waals surface area contributed by atoms with Crippen LogP contribution >= 0.6 is 11.3 Å². The second-order valence-electron chi connectivity index (χ2n) is 2.91. The fourth-order valence-corrected chi connectivity index (χ4v) is 1.59. The van der Waals surface area contributed by atoms with Crippen molar-refractivity contribution in [1.29, 1.82) is 0 Å². The first-order valence-electron chi connectivity index (χ1n) is 3.90. The third-order valence-corrected chi connectivity index (χ3v) is 2.41. The number of aromatic nitrogens is 3. The summed E-state index contributed by atoms with van der Waals surface area (Å²) in [7, 11) is 3.33. The highest BCUT2D eigenvalue weighted by atomic mass is 32.1. The summed E-state index contributed by atoms with van der Waals surface area (Å²) in [5.41, 5.74) is 3.57. The number of thiazole rings is 1. The van der Waals surface area contributed by atoms with Crippen LogP contribution in [0, 0.1) is 5.51 Å². The summed E-state index contributed by atoms with van der Waals surface area (Å²) in [6.07, 6.45) is 1.58. The predicted molar refractivity (Wildman–Crippen MR) is 52.1 cm³/mol. The Kier molecular flexibility index (Phi) is 2.12. The molecule has 0 aromatic carbocycles. The molecule has 0 N–H and O–H groups in total. The summed E-state index contributed by atoms with van der Waals surface area (Å²) in [4.78, 5) is 17.0. The van der Waals surface area contributed by atoms with Crippen molar-refractivity contribution in [2.75, 3.05) is 14.1 Å². The predicted octanol–water partition coefficient (Wildman–Crippen LogP) is 0.588. The molecule has 0 atom stereocenters. The van der Waals surface area contributed by atoms with E-state index in [1.165, 1.54) is 16.2 Å². The molecule has 0 bridgehead atoms. The van der Waals surface area contributed by atoms with Crippen LogP contribution in [0.2, 0.25) is 0 Å². The van der Waals surface area contributed by atoms with Crippen molar-refractivity contribution in [2.45, 2.75) is 0 Å². The number of carbonyl (C=O) groups excluding carboxylic acids is 1. The van der Waals surface area contributed by atoms with Gasteiger partial charge in [0.1, 0.15) is 5.52 Å². The molecule has 5 nitrogen and oxygen atoms in total. The van der Waals surface area contributed by atoms with E-state index >= 15 is 0 Å². The molecular weight excluding hydrogens is 200 g/mol. The average Bonchev–Trinajstić information content (AvgIpc) is 2.63. The lowest BCUT2D eigenvalue weighted by Crippen LogP contribution is -2.23. The van der Waals surface area contributed by atoms with Gasteiger partial charge in [-0.05, 0) is 0 Å². The minimum absolute atomic E-state index is 0.192. The SMILES string of the molecule is CN(C)C(=O)c1nncc2s[c]nc12. The summed E-state index contributed by atoms with van der Waals surface area (Å²) in [5, 5.41) is 7.52. The first-order valence-corrected chi connectivity index (χ1v) is 4.71. The summed E-state index contributed by atoms with van der Waals surface area (Å²) < 4.78 is 0.824. The van der Waals surface area contributed by atoms with Gasteiger partial charge in [-0.1, -0.05) is 0 Å². The molecular formula is C8H7N4OS. The molecule has 14 heavy (non-hydrogen) atoms. The molecule has 6 heteroatoms. The van der Waals surface area contributed by atoms with Crippen LogP contribution in [0.25, 0.3) is 10.2 Å². The number of hydrogen-bond acceptors (Lipinski definition) is 5. The summed E-state index contributed by atoms with van der Waals surface area (Å²) in [6, 6.07) is 0. The Morgan fingerprint density at radius 2 is 2.36 bits per heavy atom. The number of nitrogens with zero attached hydrogens (tertiary/aromatic N) is 4. The fraction of sp³-hybridized carbons (Fsp3) is 0.250. The highest BCUT2D eigenvalue weighted by molar-refractivity contribution is 7.16. The van der Waals surface area contributed by atoms with Gasteiger partial charge in [-0.25, -0.2) is 4.98 Å². The molecule has 0 saturated heterocycles. The van der Waals surface area contributed by atoms with Gasteiger partial charge in [-0.2, -0.15) is 5.10 Å². The van der Waals surface area contributed by atoms with Crippen LogP contribution < -0.4 is 0 Å². The van der Waals surface area contributed by atoms with Gasteiger partial charge >= 0.3 is 0 Å². The van der Waals surface area contributed by atoms with Crippen LogP contribution in [-0.2, 0) is 0 Å². The van der Waals surface area contributed by atoms with Crippen LogP contribution in [0.1, 0.15) is 10.5 Å². The molecule has 2 rings (SSSR count). The van der Waals surface area contributed by atoms with E-state index in [-0.39, 0.29) is 11.6 Å². The van der Waals surface area contributed by atoms with Gasteiger partial charge in [0.05, 0.1) is 10.9 Å². The molecule has 0 spiro atoms. The Hall–Kier alpha value is -1.56. The van der Waals surface area contributed by atoms with E-state index in [0.29, 0.717) is 5.52 Å². The third kappa shape index (κ3) is 1.33. The van der Waals surface area contributed by atoms with Crippen molar-refractivity contribution in [3.8, 4) is 0 Å². The van der Waals surface area contributed by atoms with Crippen molar-refractivity contribution in [3.63, 3.8) is 0 Å². The van der Waals surface area contributed by atoms with E-state index in [1.807, 2.05) is 0 Å².